The molecule has 1 atom stereocenters. The summed E-state index contributed by atoms with van der Waals surface area (Å²) in [7, 11) is 0. The largest absolute Gasteiger partial charge is 0.480 e. The molecule has 5 rings (SSSR count). The molecule has 0 saturated heterocycles. The van der Waals surface area contributed by atoms with E-state index in [-0.39, 0.29) is 24.8 Å². The van der Waals surface area contributed by atoms with Crippen molar-refractivity contribution in [1.29, 1.82) is 0 Å². The molecule has 0 fully saturated rings. The van der Waals surface area contributed by atoms with E-state index in [1.54, 1.807) is 6.07 Å². The molecule has 2 N–H and O–H groups in total. The minimum absolute atomic E-state index is 0.0273. The first kappa shape index (κ1) is 21.1. The summed E-state index contributed by atoms with van der Waals surface area (Å²) in [6.45, 7) is 0.0899. The number of rotatable bonds is 6. The minimum atomic E-state index is -1.22. The highest BCUT2D eigenvalue weighted by Crippen LogP contribution is 2.44. The minimum Gasteiger partial charge on any atom is -0.480 e. The van der Waals surface area contributed by atoms with Crippen molar-refractivity contribution in [2.45, 2.75) is 18.4 Å². The number of hydrogen-bond donors (Lipinski definition) is 2. The molecule has 0 spiro atoms. The third kappa shape index (κ3) is 4.17. The third-order valence-corrected chi connectivity index (χ3v) is 6.75. The van der Waals surface area contributed by atoms with Crippen LogP contribution >= 0.6 is 11.3 Å². The Hall–Kier alpha value is -3.78. The van der Waals surface area contributed by atoms with Crippen molar-refractivity contribution < 1.29 is 23.8 Å². The van der Waals surface area contributed by atoms with Gasteiger partial charge in [0.2, 0.25) is 0 Å². The first-order valence-corrected chi connectivity index (χ1v) is 11.2. The summed E-state index contributed by atoms with van der Waals surface area (Å²) in [4.78, 5) is 28.6. The van der Waals surface area contributed by atoms with E-state index in [9.17, 15) is 19.1 Å². The topological polar surface area (TPSA) is 88.5 Å². The molecule has 0 bridgehead atoms. The van der Waals surface area contributed by atoms with Crippen LogP contribution < -0.4 is 5.32 Å². The van der Waals surface area contributed by atoms with Crippen molar-refractivity contribution in [3.63, 3.8) is 0 Å². The van der Waals surface area contributed by atoms with Crippen molar-refractivity contribution >= 4 is 33.6 Å². The van der Waals surface area contributed by atoms with Gasteiger partial charge in [-0.05, 0) is 40.5 Å². The van der Waals surface area contributed by atoms with Crippen LogP contribution in [0.5, 0.6) is 0 Å². The van der Waals surface area contributed by atoms with Crippen molar-refractivity contribution in [1.82, 2.24) is 10.3 Å². The molecule has 8 heteroatoms. The van der Waals surface area contributed by atoms with Crippen molar-refractivity contribution in [2.24, 2.45) is 0 Å². The number of alkyl carbamates (subject to hydrolysis) is 1. The molecule has 1 aromatic heterocycles. The number of benzene rings is 3. The maximum absolute atomic E-state index is 13.4. The van der Waals surface area contributed by atoms with Crippen molar-refractivity contribution in [3.8, 4) is 11.1 Å². The van der Waals surface area contributed by atoms with Gasteiger partial charge in [0, 0.05) is 12.3 Å². The zero-order chi connectivity index (χ0) is 22.9. The van der Waals surface area contributed by atoms with E-state index in [4.69, 9.17) is 4.74 Å². The number of amides is 1. The smallest absolute Gasteiger partial charge is 0.407 e. The molecule has 3 aromatic carbocycles. The number of ether oxygens (including phenoxy) is 1. The predicted octanol–water partition coefficient (Wildman–Crippen LogP) is 4.97. The fraction of sp³-hybridized carbons (Fsp3) is 0.160. The Morgan fingerprint density at radius 3 is 2.39 bits per heavy atom. The number of fused-ring (bicyclic) bond motifs is 4. The second-order valence-electron chi connectivity index (χ2n) is 7.78. The molecule has 6 nitrogen and oxygen atoms in total. The molecule has 0 aliphatic heterocycles. The lowest BCUT2D eigenvalue weighted by Gasteiger charge is -2.17. The highest BCUT2D eigenvalue weighted by molar-refractivity contribution is 7.18. The average Bonchev–Trinajstić information content (AvgIpc) is 3.35. The van der Waals surface area contributed by atoms with E-state index in [2.05, 4.69) is 10.3 Å². The normalized spacial score (nSPS) is 13.4. The molecule has 0 unspecified atom stereocenters. The number of carbonyl (C=O) groups is 2. The van der Waals surface area contributed by atoms with Gasteiger partial charge in [-0.15, -0.1) is 11.3 Å². The average molecular weight is 463 g/mol. The van der Waals surface area contributed by atoms with Crippen LogP contribution in [0.15, 0.2) is 66.7 Å². The van der Waals surface area contributed by atoms with E-state index in [0.29, 0.717) is 15.2 Å². The van der Waals surface area contributed by atoms with Crippen LogP contribution in [-0.2, 0) is 16.0 Å². The summed E-state index contributed by atoms with van der Waals surface area (Å²) in [5, 5.41) is 12.5. The van der Waals surface area contributed by atoms with Crippen LogP contribution in [0.3, 0.4) is 0 Å². The number of halogens is 1. The quantitative estimate of drug-likeness (QED) is 0.422. The lowest BCUT2D eigenvalue weighted by molar-refractivity contribution is -0.139. The van der Waals surface area contributed by atoms with Gasteiger partial charge in [-0.2, -0.15) is 0 Å². The maximum Gasteiger partial charge on any atom is 0.407 e. The van der Waals surface area contributed by atoms with E-state index in [1.165, 1.54) is 23.5 Å². The lowest BCUT2D eigenvalue weighted by Crippen LogP contribution is -2.42. The number of carboxylic acid groups (broad SMARTS) is 1. The molecule has 166 valence electrons. The Morgan fingerprint density at radius 2 is 1.73 bits per heavy atom. The SMILES string of the molecule is O=C(N[C@@H](Cc1nc2ccc(F)cc2s1)C(=O)O)OCC1c2ccccc2-c2ccccc21. The summed E-state index contributed by atoms with van der Waals surface area (Å²) in [5.41, 5.74) is 4.95. The Labute approximate surface area is 192 Å². The molecular formula is C25H19FN2O4S. The Kier molecular flexibility index (Phi) is 5.51. The molecule has 0 saturated carbocycles. The van der Waals surface area contributed by atoms with Gasteiger partial charge in [0.25, 0.3) is 0 Å². The number of nitrogens with one attached hydrogen (secondary N) is 1. The van der Waals surface area contributed by atoms with Crippen molar-refractivity contribution in [2.75, 3.05) is 6.61 Å². The van der Waals surface area contributed by atoms with Gasteiger partial charge in [0.05, 0.1) is 15.2 Å². The summed E-state index contributed by atoms with van der Waals surface area (Å²) in [6, 6.07) is 18.9. The van der Waals surface area contributed by atoms with Crippen LogP contribution in [0.4, 0.5) is 9.18 Å². The van der Waals surface area contributed by atoms with Gasteiger partial charge < -0.3 is 15.2 Å². The molecule has 33 heavy (non-hydrogen) atoms. The summed E-state index contributed by atoms with van der Waals surface area (Å²) in [5.74, 6) is -1.70. The first-order chi connectivity index (χ1) is 16.0. The van der Waals surface area contributed by atoms with Gasteiger partial charge in [-0.1, -0.05) is 48.5 Å². The zero-order valence-corrected chi connectivity index (χ0v) is 18.1. The van der Waals surface area contributed by atoms with E-state index in [0.717, 1.165) is 22.3 Å². The van der Waals surface area contributed by atoms with Gasteiger partial charge >= 0.3 is 12.1 Å². The van der Waals surface area contributed by atoms with Crippen LogP contribution in [0.25, 0.3) is 21.3 Å². The second-order valence-corrected chi connectivity index (χ2v) is 8.90. The monoisotopic (exact) mass is 462 g/mol. The van der Waals surface area contributed by atoms with E-state index < -0.39 is 18.1 Å². The number of aromatic nitrogens is 1. The summed E-state index contributed by atoms with van der Waals surface area (Å²) in [6.07, 6.45) is -0.836. The molecule has 0 radical (unpaired) electrons. The fourth-order valence-corrected chi connectivity index (χ4v) is 5.23. The van der Waals surface area contributed by atoms with Gasteiger partial charge in [0.15, 0.2) is 0 Å². The maximum atomic E-state index is 13.4. The zero-order valence-electron chi connectivity index (χ0n) is 17.3. The molecular weight excluding hydrogens is 443 g/mol. The number of hydrogen-bond acceptors (Lipinski definition) is 5. The number of carbonyl (C=O) groups excluding carboxylic acids is 1. The van der Waals surface area contributed by atoms with Crippen LogP contribution in [0.2, 0.25) is 0 Å². The van der Waals surface area contributed by atoms with Gasteiger partial charge in [-0.25, -0.2) is 19.0 Å². The second kappa shape index (κ2) is 8.63. The van der Waals surface area contributed by atoms with Crippen LogP contribution in [0.1, 0.15) is 22.1 Å². The molecule has 1 amide bonds. The molecule has 4 aromatic rings. The Morgan fingerprint density at radius 1 is 1.06 bits per heavy atom. The standard InChI is InChI=1S/C25H19FN2O4S/c26-14-9-10-20-22(11-14)33-23(27-20)12-21(24(29)30)28-25(31)32-13-19-17-7-3-1-5-15(17)16-6-2-4-8-18(16)19/h1-11,19,21H,12-13H2,(H,28,31)(H,29,30)/t21-/m0/s1. The van der Waals surface area contributed by atoms with Gasteiger partial charge in [0.1, 0.15) is 18.5 Å². The Bertz CT molecular complexity index is 1320. The Balaban J connectivity index is 1.27. The predicted molar refractivity (Wildman–Crippen MR) is 123 cm³/mol. The fourth-order valence-electron chi connectivity index (χ4n) is 4.19. The molecule has 1 aliphatic carbocycles. The first-order valence-electron chi connectivity index (χ1n) is 10.4. The number of aliphatic carboxylic acids is 1. The van der Waals surface area contributed by atoms with Crippen LogP contribution in [0, 0.1) is 5.82 Å². The van der Waals surface area contributed by atoms with Crippen molar-refractivity contribution in [3.05, 3.63) is 88.7 Å². The van der Waals surface area contributed by atoms with Crippen LogP contribution in [-0.4, -0.2) is 34.8 Å². The highest BCUT2D eigenvalue weighted by Gasteiger charge is 2.30. The van der Waals surface area contributed by atoms with E-state index in [1.807, 2.05) is 48.5 Å². The van der Waals surface area contributed by atoms with Gasteiger partial charge in [-0.3, -0.25) is 0 Å². The number of thiazole rings is 1. The lowest BCUT2D eigenvalue weighted by atomic mass is 9.98. The summed E-state index contributed by atoms with van der Waals surface area (Å²) < 4.78 is 19.5. The highest BCUT2D eigenvalue weighted by atomic mass is 32.1. The summed E-state index contributed by atoms with van der Waals surface area (Å²) >= 11 is 1.20. The molecule has 1 aliphatic rings. The molecule has 1 heterocycles. The number of carboxylic acids is 1. The van der Waals surface area contributed by atoms with E-state index >= 15 is 0 Å². The number of nitrogens with zero attached hydrogens (tertiary/aromatic N) is 1. The third-order valence-electron chi connectivity index (χ3n) is 5.71.